The predicted octanol–water partition coefficient (Wildman–Crippen LogP) is 5.67. The number of benzene rings is 1. The summed E-state index contributed by atoms with van der Waals surface area (Å²) in [6.07, 6.45) is 2.05. The van der Waals surface area contributed by atoms with Gasteiger partial charge in [0, 0.05) is 5.92 Å². The van der Waals surface area contributed by atoms with E-state index in [1.54, 1.807) is 6.92 Å². The summed E-state index contributed by atoms with van der Waals surface area (Å²) in [7, 11) is 0. The summed E-state index contributed by atoms with van der Waals surface area (Å²) in [5.41, 5.74) is 1.44. The molecule has 0 aromatic heterocycles. The topological polar surface area (TPSA) is 0 Å². The van der Waals surface area contributed by atoms with Crippen LogP contribution in [0.5, 0.6) is 0 Å². The molecule has 0 heterocycles. The molecule has 104 valence electrons. The van der Waals surface area contributed by atoms with Crippen LogP contribution in [0.2, 0.25) is 0 Å². The molecule has 0 aliphatic carbocycles. The second kappa shape index (κ2) is 6.18. The van der Waals surface area contributed by atoms with Crippen LogP contribution in [0, 0.1) is 11.8 Å². The number of hydrogen-bond donors (Lipinski definition) is 0. The second-order valence-electron chi connectivity index (χ2n) is 5.78. The highest BCUT2D eigenvalue weighted by Crippen LogP contribution is 2.37. The van der Waals surface area contributed by atoms with Crippen LogP contribution in [-0.4, -0.2) is 5.67 Å². The van der Waals surface area contributed by atoms with Crippen molar-refractivity contribution in [2.75, 3.05) is 0 Å². The number of rotatable bonds is 5. The van der Waals surface area contributed by atoms with Gasteiger partial charge in [0.25, 0.3) is 0 Å². The summed E-state index contributed by atoms with van der Waals surface area (Å²) in [5, 5.41) is 0. The van der Waals surface area contributed by atoms with Gasteiger partial charge in [0.1, 0.15) is 5.67 Å². The lowest BCUT2D eigenvalue weighted by Crippen LogP contribution is -2.32. The van der Waals surface area contributed by atoms with Crippen molar-refractivity contribution in [2.45, 2.75) is 40.3 Å². The van der Waals surface area contributed by atoms with Crippen molar-refractivity contribution in [3.63, 3.8) is 0 Å². The second-order valence-corrected chi connectivity index (χ2v) is 5.78. The minimum absolute atomic E-state index is 0.155. The first-order chi connectivity index (χ1) is 8.76. The van der Waals surface area contributed by atoms with Gasteiger partial charge in [-0.25, -0.2) is 4.39 Å². The summed E-state index contributed by atoms with van der Waals surface area (Å²) in [6.45, 7) is 13.5. The zero-order chi connectivity index (χ0) is 14.6. The molecule has 0 amide bonds. The first kappa shape index (κ1) is 15.7. The Morgan fingerprint density at radius 2 is 1.74 bits per heavy atom. The molecule has 0 N–H and O–H groups in total. The molecule has 0 fully saturated rings. The fourth-order valence-corrected chi connectivity index (χ4v) is 2.21. The Balaban J connectivity index is 2.96. The van der Waals surface area contributed by atoms with Crippen molar-refractivity contribution in [1.82, 2.24) is 0 Å². The molecular weight excluding hydrogens is 235 g/mol. The smallest absolute Gasteiger partial charge is 0.135 e. The van der Waals surface area contributed by atoms with Gasteiger partial charge in [-0.05, 0) is 30.9 Å². The molecule has 2 atom stereocenters. The van der Waals surface area contributed by atoms with Gasteiger partial charge >= 0.3 is 0 Å². The van der Waals surface area contributed by atoms with Gasteiger partial charge in [0.2, 0.25) is 0 Å². The molecule has 0 aliphatic rings. The molecule has 1 rings (SSSR count). The molecule has 0 nitrogen and oxygen atoms in total. The third-order valence-electron chi connectivity index (χ3n) is 4.01. The van der Waals surface area contributed by atoms with E-state index in [9.17, 15) is 4.39 Å². The third kappa shape index (κ3) is 3.79. The standard InChI is InChI=1S/C18H25F/c1-13(2)15(4)18(6,19)16(5)14(3)12-17-10-8-7-9-11-17/h7-13,16H,4H2,1-3,5-6H3/b14-12-. The molecule has 1 heteroatoms. The van der Waals surface area contributed by atoms with Crippen molar-refractivity contribution < 1.29 is 4.39 Å². The number of hydrogen-bond acceptors (Lipinski definition) is 0. The Morgan fingerprint density at radius 1 is 1.21 bits per heavy atom. The molecule has 0 radical (unpaired) electrons. The molecule has 19 heavy (non-hydrogen) atoms. The largest absolute Gasteiger partial charge is 0.239 e. The van der Waals surface area contributed by atoms with E-state index in [0.717, 1.165) is 11.1 Å². The first-order valence-corrected chi connectivity index (χ1v) is 6.88. The summed E-state index contributed by atoms with van der Waals surface area (Å²) in [5.74, 6) is -0.0235. The maximum Gasteiger partial charge on any atom is 0.135 e. The highest BCUT2D eigenvalue weighted by atomic mass is 19.1. The maximum atomic E-state index is 14.9. The van der Waals surface area contributed by atoms with Gasteiger partial charge in [0.15, 0.2) is 0 Å². The molecule has 2 unspecified atom stereocenters. The Hall–Kier alpha value is -1.37. The third-order valence-corrected chi connectivity index (χ3v) is 4.01. The fraction of sp³-hybridized carbons (Fsp3) is 0.444. The van der Waals surface area contributed by atoms with Crippen LogP contribution >= 0.6 is 0 Å². The average molecular weight is 260 g/mol. The summed E-state index contributed by atoms with van der Waals surface area (Å²) >= 11 is 0. The fourth-order valence-electron chi connectivity index (χ4n) is 2.21. The van der Waals surface area contributed by atoms with E-state index >= 15 is 0 Å². The van der Waals surface area contributed by atoms with E-state index in [4.69, 9.17) is 0 Å². The van der Waals surface area contributed by atoms with Gasteiger partial charge < -0.3 is 0 Å². The average Bonchev–Trinajstić information content (AvgIpc) is 2.37. The lowest BCUT2D eigenvalue weighted by Gasteiger charge is -2.32. The van der Waals surface area contributed by atoms with Crippen LogP contribution < -0.4 is 0 Å². The van der Waals surface area contributed by atoms with Crippen molar-refractivity contribution in [2.24, 2.45) is 11.8 Å². The molecule has 1 aromatic rings. The number of allylic oxidation sites excluding steroid dienone is 2. The first-order valence-electron chi connectivity index (χ1n) is 6.88. The molecule has 1 aromatic carbocycles. The lowest BCUT2D eigenvalue weighted by atomic mass is 9.77. The minimum Gasteiger partial charge on any atom is -0.239 e. The zero-order valence-electron chi connectivity index (χ0n) is 12.7. The van der Waals surface area contributed by atoms with Gasteiger partial charge in [-0.15, -0.1) is 0 Å². The van der Waals surface area contributed by atoms with E-state index in [-0.39, 0.29) is 11.8 Å². The predicted molar refractivity (Wildman–Crippen MR) is 82.7 cm³/mol. The monoisotopic (exact) mass is 260 g/mol. The van der Waals surface area contributed by atoms with Gasteiger partial charge in [-0.2, -0.15) is 0 Å². The normalized spacial score (nSPS) is 17.1. The van der Waals surface area contributed by atoms with E-state index in [0.29, 0.717) is 5.57 Å². The molecule has 0 bridgehead atoms. The zero-order valence-corrected chi connectivity index (χ0v) is 12.7. The maximum absolute atomic E-state index is 14.9. The number of halogens is 1. The Kier molecular flexibility index (Phi) is 5.11. The molecule has 0 saturated carbocycles. The van der Waals surface area contributed by atoms with E-state index in [1.807, 2.05) is 58.0 Å². The molecule has 0 spiro atoms. The number of alkyl halides is 1. The van der Waals surface area contributed by atoms with Crippen molar-refractivity contribution in [3.05, 3.63) is 53.6 Å². The van der Waals surface area contributed by atoms with Crippen LogP contribution in [0.1, 0.15) is 40.2 Å². The summed E-state index contributed by atoms with van der Waals surface area (Å²) < 4.78 is 14.9. The van der Waals surface area contributed by atoms with Crippen molar-refractivity contribution in [1.29, 1.82) is 0 Å². The molecule has 0 saturated heterocycles. The quantitative estimate of drug-likeness (QED) is 0.599. The van der Waals surface area contributed by atoms with E-state index < -0.39 is 5.67 Å². The summed E-state index contributed by atoms with van der Waals surface area (Å²) in [6, 6.07) is 10.0. The highest BCUT2D eigenvalue weighted by molar-refractivity contribution is 5.53. The van der Waals surface area contributed by atoms with Crippen LogP contribution in [-0.2, 0) is 0 Å². The van der Waals surface area contributed by atoms with Crippen LogP contribution in [0.3, 0.4) is 0 Å². The Bertz CT molecular complexity index is 452. The van der Waals surface area contributed by atoms with E-state index in [1.165, 1.54) is 0 Å². The van der Waals surface area contributed by atoms with E-state index in [2.05, 4.69) is 12.7 Å². The van der Waals surface area contributed by atoms with Crippen LogP contribution in [0.15, 0.2) is 48.1 Å². The van der Waals surface area contributed by atoms with Crippen molar-refractivity contribution >= 4 is 6.08 Å². The van der Waals surface area contributed by atoms with Crippen LogP contribution in [0.4, 0.5) is 4.39 Å². The Morgan fingerprint density at radius 3 is 2.21 bits per heavy atom. The molecule has 0 aliphatic heterocycles. The lowest BCUT2D eigenvalue weighted by molar-refractivity contribution is 0.167. The SMILES string of the molecule is C=C(C(C)C)C(C)(F)C(C)/C(C)=C\c1ccccc1. The van der Waals surface area contributed by atoms with Gasteiger partial charge in [-0.1, -0.05) is 69.3 Å². The van der Waals surface area contributed by atoms with Crippen LogP contribution in [0.25, 0.3) is 6.08 Å². The van der Waals surface area contributed by atoms with Gasteiger partial charge in [0.05, 0.1) is 0 Å². The Labute approximate surface area is 117 Å². The van der Waals surface area contributed by atoms with Crippen molar-refractivity contribution in [3.8, 4) is 0 Å². The summed E-state index contributed by atoms with van der Waals surface area (Å²) in [4.78, 5) is 0. The minimum atomic E-state index is -1.37. The molecular formula is C18H25F. The highest BCUT2D eigenvalue weighted by Gasteiger charge is 2.35. The van der Waals surface area contributed by atoms with Gasteiger partial charge in [-0.3, -0.25) is 0 Å².